The first-order chi connectivity index (χ1) is 9.69. The van der Waals surface area contributed by atoms with Crippen LogP contribution in [0.4, 0.5) is 0 Å². The van der Waals surface area contributed by atoms with Gasteiger partial charge in [-0.15, -0.1) is 24.0 Å². The Morgan fingerprint density at radius 1 is 1.14 bits per heavy atom. The van der Waals surface area contributed by atoms with Gasteiger partial charge < -0.3 is 15.7 Å². The summed E-state index contributed by atoms with van der Waals surface area (Å²) in [6.07, 6.45) is 8.20. The van der Waals surface area contributed by atoms with Crippen molar-refractivity contribution in [3.05, 3.63) is 0 Å². The van der Waals surface area contributed by atoms with Gasteiger partial charge >= 0.3 is 0 Å². The number of nitrogens with one attached hydrogen (secondary N) is 2. The molecule has 0 spiro atoms. The van der Waals surface area contributed by atoms with Crippen LogP contribution in [0.5, 0.6) is 0 Å². The lowest BCUT2D eigenvalue weighted by Crippen LogP contribution is -2.45. The van der Waals surface area contributed by atoms with E-state index >= 15 is 0 Å². The van der Waals surface area contributed by atoms with Crippen molar-refractivity contribution in [3.8, 4) is 0 Å². The molecule has 2 aliphatic carbocycles. The summed E-state index contributed by atoms with van der Waals surface area (Å²) in [6, 6.07) is 0.567. The molecule has 2 aliphatic rings. The van der Waals surface area contributed by atoms with Crippen molar-refractivity contribution in [2.24, 2.45) is 16.8 Å². The third-order valence-corrected chi connectivity index (χ3v) is 4.80. The van der Waals surface area contributed by atoms with E-state index in [4.69, 9.17) is 4.99 Å². The molecule has 0 aromatic carbocycles. The average Bonchev–Trinajstić information content (AvgIpc) is 2.84. The van der Waals surface area contributed by atoms with E-state index in [-0.39, 0.29) is 30.1 Å². The van der Waals surface area contributed by atoms with Crippen LogP contribution in [0.1, 0.15) is 58.8 Å². The molecular weight excluding hydrogens is 377 g/mol. The van der Waals surface area contributed by atoms with Crippen molar-refractivity contribution in [1.29, 1.82) is 0 Å². The number of rotatable bonds is 4. The second kappa shape index (κ2) is 9.87. The molecule has 0 aliphatic heterocycles. The number of halogens is 1. The summed E-state index contributed by atoms with van der Waals surface area (Å²) in [7, 11) is 0. The predicted molar refractivity (Wildman–Crippen MR) is 99.3 cm³/mol. The number of aliphatic imine (C=N–C) groups is 1. The zero-order valence-electron chi connectivity index (χ0n) is 13.5. The van der Waals surface area contributed by atoms with Crippen molar-refractivity contribution >= 4 is 29.9 Å². The highest BCUT2D eigenvalue weighted by Crippen LogP contribution is 2.26. The minimum Gasteiger partial charge on any atom is -0.393 e. The number of aliphatic hydroxyl groups excluding tert-OH is 1. The first-order valence-electron chi connectivity index (χ1n) is 8.42. The van der Waals surface area contributed by atoms with Gasteiger partial charge in [0.2, 0.25) is 0 Å². The fraction of sp³-hybridized carbons (Fsp3) is 0.938. The normalized spacial score (nSPS) is 33.4. The van der Waals surface area contributed by atoms with E-state index in [9.17, 15) is 5.11 Å². The number of hydrogen-bond donors (Lipinski definition) is 3. The molecule has 2 fully saturated rings. The van der Waals surface area contributed by atoms with E-state index in [2.05, 4.69) is 24.5 Å². The maximum absolute atomic E-state index is 9.87. The lowest BCUT2D eigenvalue weighted by Gasteiger charge is -2.28. The van der Waals surface area contributed by atoms with Crippen molar-refractivity contribution in [3.63, 3.8) is 0 Å². The largest absolute Gasteiger partial charge is 0.393 e. The Kier molecular flexibility index (Phi) is 8.94. The SMILES string of the molecule is CCNC(=NCC1CCCC1O)NC1CCC(C)CC1.I. The van der Waals surface area contributed by atoms with Crippen LogP contribution in [0, 0.1) is 11.8 Å². The highest BCUT2D eigenvalue weighted by Gasteiger charge is 2.25. The third kappa shape index (κ3) is 6.30. The Balaban J connectivity index is 0.00000220. The minimum absolute atomic E-state index is 0. The molecule has 124 valence electrons. The van der Waals surface area contributed by atoms with Crippen molar-refractivity contribution < 1.29 is 5.11 Å². The van der Waals surface area contributed by atoms with Crippen LogP contribution < -0.4 is 10.6 Å². The first-order valence-corrected chi connectivity index (χ1v) is 8.42. The maximum Gasteiger partial charge on any atom is 0.191 e. The molecule has 0 heterocycles. The van der Waals surface area contributed by atoms with Gasteiger partial charge in [-0.25, -0.2) is 0 Å². The Bertz CT molecular complexity index is 317. The van der Waals surface area contributed by atoms with Gasteiger partial charge in [0.25, 0.3) is 0 Å². The van der Waals surface area contributed by atoms with Gasteiger partial charge in [-0.05, 0) is 51.4 Å². The molecule has 21 heavy (non-hydrogen) atoms. The molecule has 5 heteroatoms. The smallest absolute Gasteiger partial charge is 0.191 e. The molecule has 0 aromatic rings. The molecule has 0 saturated heterocycles. The summed E-state index contributed by atoms with van der Waals surface area (Å²) in [5, 5.41) is 16.8. The van der Waals surface area contributed by atoms with Crippen molar-refractivity contribution in [1.82, 2.24) is 10.6 Å². The molecule has 0 bridgehead atoms. The van der Waals surface area contributed by atoms with E-state index in [0.29, 0.717) is 12.0 Å². The zero-order valence-corrected chi connectivity index (χ0v) is 15.8. The molecule has 4 nitrogen and oxygen atoms in total. The fourth-order valence-corrected chi connectivity index (χ4v) is 3.36. The van der Waals surface area contributed by atoms with Crippen LogP contribution in [0.3, 0.4) is 0 Å². The molecular formula is C16H32IN3O. The summed E-state index contributed by atoms with van der Waals surface area (Å²) in [4.78, 5) is 4.69. The van der Waals surface area contributed by atoms with Gasteiger partial charge in [-0.3, -0.25) is 4.99 Å². The minimum atomic E-state index is -0.142. The van der Waals surface area contributed by atoms with E-state index in [1.165, 1.54) is 25.7 Å². The maximum atomic E-state index is 9.87. The molecule has 2 atom stereocenters. The topological polar surface area (TPSA) is 56.7 Å². The van der Waals surface area contributed by atoms with Gasteiger partial charge in [0.05, 0.1) is 6.10 Å². The van der Waals surface area contributed by atoms with Crippen LogP contribution in [0.2, 0.25) is 0 Å². The van der Waals surface area contributed by atoms with Crippen molar-refractivity contribution in [2.75, 3.05) is 13.1 Å². The van der Waals surface area contributed by atoms with Gasteiger partial charge in [0.1, 0.15) is 0 Å². The lowest BCUT2D eigenvalue weighted by atomic mass is 9.87. The summed E-state index contributed by atoms with van der Waals surface area (Å²) >= 11 is 0. The van der Waals surface area contributed by atoms with Crippen LogP contribution in [-0.4, -0.2) is 36.3 Å². The molecule has 2 saturated carbocycles. The predicted octanol–water partition coefficient (Wildman–Crippen LogP) is 2.90. The van der Waals surface area contributed by atoms with Gasteiger partial charge in [0.15, 0.2) is 5.96 Å². The Hall–Kier alpha value is -0.0400. The summed E-state index contributed by atoms with van der Waals surface area (Å²) < 4.78 is 0. The van der Waals surface area contributed by atoms with Gasteiger partial charge in [-0.1, -0.05) is 13.3 Å². The summed E-state index contributed by atoms with van der Waals surface area (Å²) in [6.45, 7) is 6.09. The molecule has 2 rings (SSSR count). The van der Waals surface area contributed by atoms with Gasteiger partial charge in [0, 0.05) is 25.0 Å². The quantitative estimate of drug-likeness (QED) is 0.380. The fourth-order valence-electron chi connectivity index (χ4n) is 3.36. The molecule has 2 unspecified atom stereocenters. The Morgan fingerprint density at radius 2 is 1.86 bits per heavy atom. The molecule has 3 N–H and O–H groups in total. The molecule has 0 amide bonds. The second-order valence-electron chi connectivity index (χ2n) is 6.58. The lowest BCUT2D eigenvalue weighted by molar-refractivity contribution is 0.136. The van der Waals surface area contributed by atoms with E-state index < -0.39 is 0 Å². The number of aliphatic hydroxyl groups is 1. The van der Waals surface area contributed by atoms with E-state index in [0.717, 1.165) is 44.2 Å². The summed E-state index contributed by atoms with van der Waals surface area (Å²) in [5.74, 6) is 2.17. The number of guanidine groups is 1. The first kappa shape index (κ1) is 19.0. The van der Waals surface area contributed by atoms with Crippen LogP contribution in [0.15, 0.2) is 4.99 Å². The highest BCUT2D eigenvalue weighted by atomic mass is 127. The van der Waals surface area contributed by atoms with E-state index in [1.807, 2.05) is 0 Å². The monoisotopic (exact) mass is 409 g/mol. The van der Waals surface area contributed by atoms with Gasteiger partial charge in [-0.2, -0.15) is 0 Å². The van der Waals surface area contributed by atoms with Crippen molar-refractivity contribution in [2.45, 2.75) is 70.9 Å². The second-order valence-corrected chi connectivity index (χ2v) is 6.58. The highest BCUT2D eigenvalue weighted by molar-refractivity contribution is 14.0. The molecule has 0 radical (unpaired) electrons. The Labute approximate surface area is 146 Å². The van der Waals surface area contributed by atoms with Crippen LogP contribution in [0.25, 0.3) is 0 Å². The summed E-state index contributed by atoms with van der Waals surface area (Å²) in [5.41, 5.74) is 0. The van der Waals surface area contributed by atoms with Crippen LogP contribution >= 0.6 is 24.0 Å². The van der Waals surface area contributed by atoms with E-state index in [1.54, 1.807) is 0 Å². The average molecular weight is 409 g/mol. The zero-order chi connectivity index (χ0) is 14.4. The Morgan fingerprint density at radius 3 is 2.43 bits per heavy atom. The number of nitrogens with zero attached hydrogens (tertiary/aromatic N) is 1. The number of hydrogen-bond acceptors (Lipinski definition) is 2. The van der Waals surface area contributed by atoms with Crippen LogP contribution in [-0.2, 0) is 0 Å². The molecule has 0 aromatic heterocycles. The third-order valence-electron chi connectivity index (χ3n) is 4.80. The standard InChI is InChI=1S/C16H31N3O.HI/c1-3-17-16(18-11-13-5-4-6-15(13)20)19-14-9-7-12(2)8-10-14;/h12-15,20H,3-11H2,1-2H3,(H2,17,18,19);1H.